The second-order valence-electron chi connectivity index (χ2n) is 7.65. The molecule has 1 aromatic heterocycles. The van der Waals surface area contributed by atoms with Gasteiger partial charge in [0.25, 0.3) is 0 Å². The van der Waals surface area contributed by atoms with E-state index in [0.29, 0.717) is 38.4 Å². The molecule has 4 aromatic rings. The Morgan fingerprint density at radius 1 is 1.03 bits per heavy atom. The summed E-state index contributed by atoms with van der Waals surface area (Å²) < 4.78 is 6.48. The van der Waals surface area contributed by atoms with E-state index in [-0.39, 0.29) is 10.4 Å². The first-order valence-electron chi connectivity index (χ1n) is 9.83. The number of carboxylic acid groups (broad SMARTS) is 1. The summed E-state index contributed by atoms with van der Waals surface area (Å²) in [5.41, 5.74) is 19.3. The number of nitrogens with two attached hydrogens (primary N) is 3. The van der Waals surface area contributed by atoms with Crippen LogP contribution in [0.5, 0.6) is 11.5 Å². The van der Waals surface area contributed by atoms with Crippen molar-refractivity contribution in [1.82, 2.24) is 0 Å². The lowest BCUT2D eigenvalue weighted by Gasteiger charge is -2.36. The number of anilines is 1. The number of rotatable bonds is 4. The van der Waals surface area contributed by atoms with Gasteiger partial charge in [-0.25, -0.2) is 4.79 Å². The monoisotopic (exact) mass is 445 g/mol. The molecule has 0 radical (unpaired) electrons. The second kappa shape index (κ2) is 7.16. The van der Waals surface area contributed by atoms with Gasteiger partial charge >= 0.3 is 5.97 Å². The molecule has 1 aliphatic rings. The van der Waals surface area contributed by atoms with E-state index in [4.69, 9.17) is 21.9 Å². The Hall–Kier alpha value is -3.72. The van der Waals surface area contributed by atoms with Crippen LogP contribution in [0, 0.1) is 0 Å². The van der Waals surface area contributed by atoms with Gasteiger partial charge in [-0.3, -0.25) is 4.79 Å². The second-order valence-corrected chi connectivity index (χ2v) is 8.67. The highest BCUT2D eigenvalue weighted by atomic mass is 32.1. The minimum Gasteiger partial charge on any atom is -0.477 e. The molecule has 1 heterocycles. The highest BCUT2D eigenvalue weighted by molar-refractivity contribution is 7.21. The van der Waals surface area contributed by atoms with Gasteiger partial charge in [-0.15, -0.1) is 11.3 Å². The van der Waals surface area contributed by atoms with Crippen LogP contribution in [0.25, 0.3) is 10.1 Å². The Morgan fingerprint density at radius 3 is 2.47 bits per heavy atom. The maximum atomic E-state index is 13.6. The number of ketones is 1. The van der Waals surface area contributed by atoms with Crippen LogP contribution in [0.2, 0.25) is 0 Å². The Morgan fingerprint density at radius 2 is 1.75 bits per heavy atom. The number of thiophene rings is 1. The number of benzene rings is 3. The Labute approximate surface area is 187 Å². The number of Topliss-reactive ketones (excluding diaryl/α,β-unsaturated/α-hetero) is 1. The summed E-state index contributed by atoms with van der Waals surface area (Å²) in [6.07, 6.45) is 0. The average Bonchev–Trinajstić information content (AvgIpc) is 3.20. The number of carbonyl (C=O) groups excluding carboxylic acids is 1. The van der Waals surface area contributed by atoms with Crippen molar-refractivity contribution in [3.05, 3.63) is 88.3 Å². The Balaban J connectivity index is 1.72. The number of carbonyl (C=O) groups is 2. The number of para-hydroxylation sites is 1. The topological polar surface area (TPSA) is 142 Å². The molecule has 1 aliphatic carbocycles. The van der Waals surface area contributed by atoms with Gasteiger partial charge < -0.3 is 27.0 Å². The van der Waals surface area contributed by atoms with Crippen molar-refractivity contribution in [2.45, 2.75) is 11.6 Å². The summed E-state index contributed by atoms with van der Waals surface area (Å²) in [6.45, 7) is 0. The minimum absolute atomic E-state index is 0.00297. The zero-order valence-corrected chi connectivity index (χ0v) is 17.6. The van der Waals surface area contributed by atoms with Gasteiger partial charge in [0.15, 0.2) is 5.78 Å². The lowest BCUT2D eigenvalue weighted by atomic mass is 9.70. The standard InChI is InChI=1S/C24H19N3O4S/c25-16-10-9-15-17-18(21(23(29)30)32-20(16)17)19(26)22(28)24(15,27)12-5-4-8-14(11-12)31-13-6-2-1-3-7-13/h1-11,19H,25-27H2,(H,29,30). The summed E-state index contributed by atoms with van der Waals surface area (Å²) in [6, 6.07) is 18.3. The zero-order valence-electron chi connectivity index (χ0n) is 16.7. The molecule has 0 bridgehead atoms. The van der Waals surface area contributed by atoms with Gasteiger partial charge in [0.1, 0.15) is 21.9 Å². The Kier molecular flexibility index (Phi) is 4.52. The number of hydrogen-bond donors (Lipinski definition) is 4. The van der Waals surface area contributed by atoms with E-state index < -0.39 is 23.3 Å². The molecule has 0 aliphatic heterocycles. The molecule has 5 rings (SSSR count). The average molecular weight is 446 g/mol. The summed E-state index contributed by atoms with van der Waals surface area (Å²) in [5.74, 6) is -0.496. The molecule has 0 spiro atoms. The number of hydrogen-bond acceptors (Lipinski definition) is 7. The first kappa shape index (κ1) is 20.2. The third kappa shape index (κ3) is 2.81. The maximum Gasteiger partial charge on any atom is 0.346 e. The van der Waals surface area contributed by atoms with E-state index in [0.717, 1.165) is 11.3 Å². The van der Waals surface area contributed by atoms with Crippen molar-refractivity contribution in [1.29, 1.82) is 0 Å². The van der Waals surface area contributed by atoms with Crippen molar-refractivity contribution < 1.29 is 19.4 Å². The SMILES string of the molecule is Nc1ccc2c3c(c(C(=O)O)sc13)C(N)C(=O)C2(N)c1cccc(Oc2ccccc2)c1. The van der Waals surface area contributed by atoms with Crippen LogP contribution < -0.4 is 21.9 Å². The predicted octanol–water partition coefficient (Wildman–Crippen LogP) is 3.76. The third-order valence-electron chi connectivity index (χ3n) is 5.78. The number of carboxylic acids is 1. The molecule has 160 valence electrons. The molecule has 0 saturated heterocycles. The quantitative estimate of drug-likeness (QED) is 0.350. The molecular weight excluding hydrogens is 426 g/mol. The molecule has 2 atom stereocenters. The number of nitrogen functional groups attached to an aromatic ring is 1. The number of aromatic carboxylic acids is 1. The van der Waals surface area contributed by atoms with E-state index in [2.05, 4.69) is 0 Å². The Bertz CT molecular complexity index is 1400. The lowest BCUT2D eigenvalue weighted by molar-refractivity contribution is -0.124. The summed E-state index contributed by atoms with van der Waals surface area (Å²) in [4.78, 5) is 25.4. The van der Waals surface area contributed by atoms with Gasteiger partial charge in [-0.2, -0.15) is 0 Å². The van der Waals surface area contributed by atoms with E-state index >= 15 is 0 Å². The molecular formula is C24H19N3O4S. The van der Waals surface area contributed by atoms with Gasteiger partial charge in [0.2, 0.25) is 0 Å². The van der Waals surface area contributed by atoms with Gasteiger partial charge in [-0.05, 0) is 41.5 Å². The minimum atomic E-state index is -1.59. The van der Waals surface area contributed by atoms with Crippen LogP contribution in [0.3, 0.4) is 0 Å². The van der Waals surface area contributed by atoms with Gasteiger partial charge in [-0.1, -0.05) is 36.4 Å². The van der Waals surface area contributed by atoms with Gasteiger partial charge in [0.05, 0.1) is 10.7 Å². The first-order chi connectivity index (χ1) is 15.3. The van der Waals surface area contributed by atoms with E-state index in [1.807, 2.05) is 30.3 Å². The number of ether oxygens (including phenoxy) is 1. The normalized spacial score (nSPS) is 19.8. The van der Waals surface area contributed by atoms with E-state index in [1.165, 1.54) is 0 Å². The summed E-state index contributed by atoms with van der Waals surface area (Å²) >= 11 is 1.01. The molecule has 32 heavy (non-hydrogen) atoms. The van der Waals surface area contributed by atoms with Crippen LogP contribution in [0.1, 0.15) is 32.4 Å². The molecule has 3 aromatic carbocycles. The molecule has 0 saturated carbocycles. The van der Waals surface area contributed by atoms with Crippen molar-refractivity contribution in [2.75, 3.05) is 5.73 Å². The highest BCUT2D eigenvalue weighted by Gasteiger charge is 2.48. The smallest absolute Gasteiger partial charge is 0.346 e. The van der Waals surface area contributed by atoms with E-state index in [1.54, 1.807) is 36.4 Å². The predicted molar refractivity (Wildman–Crippen MR) is 123 cm³/mol. The molecule has 2 unspecified atom stereocenters. The fourth-order valence-corrected chi connectivity index (χ4v) is 5.41. The molecule has 7 N–H and O–H groups in total. The lowest BCUT2D eigenvalue weighted by Crippen LogP contribution is -2.52. The van der Waals surface area contributed by atoms with Crippen LogP contribution in [0.15, 0.2) is 66.7 Å². The van der Waals surface area contributed by atoms with Crippen molar-refractivity contribution in [3.63, 3.8) is 0 Å². The fourth-order valence-electron chi connectivity index (χ4n) is 4.27. The van der Waals surface area contributed by atoms with Crippen LogP contribution >= 0.6 is 11.3 Å². The van der Waals surface area contributed by atoms with Crippen molar-refractivity contribution in [2.24, 2.45) is 11.5 Å². The molecule has 0 fully saturated rings. The maximum absolute atomic E-state index is 13.6. The highest BCUT2D eigenvalue weighted by Crippen LogP contribution is 2.49. The van der Waals surface area contributed by atoms with Crippen LogP contribution in [0.4, 0.5) is 5.69 Å². The van der Waals surface area contributed by atoms with E-state index in [9.17, 15) is 14.7 Å². The van der Waals surface area contributed by atoms with Crippen LogP contribution in [-0.4, -0.2) is 16.9 Å². The van der Waals surface area contributed by atoms with Crippen molar-refractivity contribution in [3.8, 4) is 11.5 Å². The van der Waals surface area contributed by atoms with Crippen LogP contribution in [-0.2, 0) is 10.3 Å². The summed E-state index contributed by atoms with van der Waals surface area (Å²) in [7, 11) is 0. The fraction of sp³-hybridized carbons (Fsp3) is 0.0833. The zero-order chi connectivity index (χ0) is 22.6. The van der Waals surface area contributed by atoms with Crippen molar-refractivity contribution >= 4 is 38.9 Å². The van der Waals surface area contributed by atoms with Gasteiger partial charge in [0, 0.05) is 16.6 Å². The largest absolute Gasteiger partial charge is 0.477 e. The molecule has 0 amide bonds. The summed E-state index contributed by atoms with van der Waals surface area (Å²) in [5, 5.41) is 10.2. The third-order valence-corrected chi connectivity index (χ3v) is 7.02. The molecule has 8 heteroatoms. The molecule has 7 nitrogen and oxygen atoms in total. The first-order valence-corrected chi connectivity index (χ1v) is 10.6.